The van der Waals surface area contributed by atoms with Gasteiger partial charge in [0.1, 0.15) is 5.75 Å². The van der Waals surface area contributed by atoms with Crippen molar-refractivity contribution in [2.24, 2.45) is 23.7 Å². The highest BCUT2D eigenvalue weighted by atomic mass is 16.5. The second-order valence-corrected chi connectivity index (χ2v) is 9.80. The van der Waals surface area contributed by atoms with Crippen LogP contribution in [-0.4, -0.2) is 30.2 Å². The van der Waals surface area contributed by atoms with Crippen LogP contribution in [0.2, 0.25) is 0 Å². The van der Waals surface area contributed by atoms with Gasteiger partial charge in [-0.2, -0.15) is 0 Å². The van der Waals surface area contributed by atoms with Gasteiger partial charge in [0.05, 0.1) is 23.4 Å². The molecule has 0 N–H and O–H groups in total. The lowest BCUT2D eigenvalue weighted by Gasteiger charge is -2.25. The van der Waals surface area contributed by atoms with E-state index >= 15 is 0 Å². The molecule has 2 heterocycles. The molecule has 2 aliphatic heterocycles. The molecule has 5 rings (SSSR count). The summed E-state index contributed by atoms with van der Waals surface area (Å²) in [6.07, 6.45) is 2.49. The van der Waals surface area contributed by atoms with E-state index in [4.69, 9.17) is 4.74 Å². The second kappa shape index (κ2) is 8.70. The van der Waals surface area contributed by atoms with Crippen molar-refractivity contribution in [2.45, 2.75) is 39.5 Å². The summed E-state index contributed by atoms with van der Waals surface area (Å²) >= 11 is 0. The number of amides is 3. The van der Waals surface area contributed by atoms with Gasteiger partial charge >= 0.3 is 5.97 Å². The van der Waals surface area contributed by atoms with Crippen LogP contribution in [0.5, 0.6) is 5.75 Å². The Morgan fingerprint density at radius 3 is 2.44 bits per heavy atom. The van der Waals surface area contributed by atoms with Gasteiger partial charge in [-0.25, -0.2) is 4.90 Å². The SMILES string of the molecule is Cc1ccc(N2C[C@@H](C(=O)Oc3cccc(N4C(=O)[C@H]5CC[C@H](C)C[C@@H]5C4=O)c3)CC2=O)cc1. The first kappa shape index (κ1) is 22.3. The number of esters is 1. The minimum atomic E-state index is -0.586. The molecule has 2 saturated heterocycles. The number of imide groups is 1. The van der Waals surface area contributed by atoms with Gasteiger partial charge in [-0.05, 0) is 56.4 Å². The van der Waals surface area contributed by atoms with E-state index in [9.17, 15) is 19.2 Å². The number of hydrogen-bond acceptors (Lipinski definition) is 5. The zero-order chi connectivity index (χ0) is 24.0. The Kier molecular flexibility index (Phi) is 5.71. The molecule has 34 heavy (non-hydrogen) atoms. The number of carbonyl (C=O) groups excluding carboxylic acids is 4. The third-order valence-corrected chi connectivity index (χ3v) is 7.29. The van der Waals surface area contributed by atoms with Crippen molar-refractivity contribution >= 4 is 35.1 Å². The molecule has 1 saturated carbocycles. The van der Waals surface area contributed by atoms with Crippen LogP contribution in [0.3, 0.4) is 0 Å². The summed E-state index contributed by atoms with van der Waals surface area (Å²) in [6.45, 7) is 4.34. The number of carbonyl (C=O) groups is 4. The van der Waals surface area contributed by atoms with Gasteiger partial charge in [-0.1, -0.05) is 30.7 Å². The summed E-state index contributed by atoms with van der Waals surface area (Å²) in [5.41, 5.74) is 2.27. The van der Waals surface area contributed by atoms with Crippen LogP contribution in [0.25, 0.3) is 0 Å². The van der Waals surface area contributed by atoms with E-state index in [0.717, 1.165) is 30.5 Å². The molecule has 7 heteroatoms. The maximum absolute atomic E-state index is 13.0. The second-order valence-electron chi connectivity index (χ2n) is 9.80. The van der Waals surface area contributed by atoms with Gasteiger partial charge in [-0.3, -0.25) is 19.2 Å². The molecular weight excluding hydrogens is 432 g/mol. The van der Waals surface area contributed by atoms with Crippen LogP contribution >= 0.6 is 0 Å². The number of hydrogen-bond donors (Lipinski definition) is 0. The van der Waals surface area contributed by atoms with E-state index in [1.54, 1.807) is 29.2 Å². The number of aryl methyl sites for hydroxylation is 1. The highest BCUT2D eigenvalue weighted by Gasteiger charge is 2.50. The smallest absolute Gasteiger partial charge is 0.316 e. The average molecular weight is 461 g/mol. The number of rotatable bonds is 4. The maximum Gasteiger partial charge on any atom is 0.316 e. The fourth-order valence-corrected chi connectivity index (χ4v) is 5.37. The fourth-order valence-electron chi connectivity index (χ4n) is 5.37. The normalized spacial score (nSPS) is 26.7. The zero-order valence-corrected chi connectivity index (χ0v) is 19.4. The Hall–Kier alpha value is -3.48. The molecule has 3 fully saturated rings. The molecule has 4 atom stereocenters. The van der Waals surface area contributed by atoms with Crippen molar-refractivity contribution in [2.75, 3.05) is 16.3 Å². The van der Waals surface area contributed by atoms with Crippen molar-refractivity contribution in [3.8, 4) is 5.75 Å². The largest absolute Gasteiger partial charge is 0.426 e. The van der Waals surface area contributed by atoms with E-state index < -0.39 is 11.9 Å². The van der Waals surface area contributed by atoms with Gasteiger partial charge in [0.2, 0.25) is 17.7 Å². The van der Waals surface area contributed by atoms with Crippen LogP contribution in [0, 0.1) is 30.6 Å². The fraction of sp³-hybridized carbons (Fsp3) is 0.407. The molecule has 1 aliphatic carbocycles. The average Bonchev–Trinajstić information content (AvgIpc) is 3.32. The van der Waals surface area contributed by atoms with Crippen molar-refractivity contribution in [1.82, 2.24) is 0 Å². The van der Waals surface area contributed by atoms with Crippen molar-refractivity contribution in [3.05, 3.63) is 54.1 Å². The molecule has 0 aromatic heterocycles. The van der Waals surface area contributed by atoms with Gasteiger partial charge in [-0.15, -0.1) is 0 Å². The summed E-state index contributed by atoms with van der Waals surface area (Å²) in [6, 6.07) is 14.1. The first-order valence-corrected chi connectivity index (χ1v) is 11.9. The molecule has 3 amide bonds. The Labute approximate surface area is 198 Å². The van der Waals surface area contributed by atoms with Gasteiger partial charge in [0.25, 0.3) is 0 Å². The van der Waals surface area contributed by atoms with Crippen molar-refractivity contribution < 1.29 is 23.9 Å². The Morgan fingerprint density at radius 2 is 1.68 bits per heavy atom. The monoisotopic (exact) mass is 460 g/mol. The maximum atomic E-state index is 13.0. The van der Waals surface area contributed by atoms with Crippen LogP contribution in [-0.2, 0) is 19.2 Å². The summed E-state index contributed by atoms with van der Waals surface area (Å²) in [4.78, 5) is 54.2. The van der Waals surface area contributed by atoms with Crippen LogP contribution in [0.4, 0.5) is 11.4 Å². The molecule has 0 bridgehead atoms. The van der Waals surface area contributed by atoms with Crippen molar-refractivity contribution in [1.29, 1.82) is 0 Å². The number of ether oxygens (including phenoxy) is 1. The summed E-state index contributed by atoms with van der Waals surface area (Å²) in [7, 11) is 0. The summed E-state index contributed by atoms with van der Waals surface area (Å²) in [5.74, 6) is -1.37. The summed E-state index contributed by atoms with van der Waals surface area (Å²) < 4.78 is 5.59. The molecule has 176 valence electrons. The predicted octanol–water partition coefficient (Wildman–Crippen LogP) is 3.88. The molecule has 2 aromatic rings. The van der Waals surface area contributed by atoms with E-state index in [1.807, 2.05) is 31.2 Å². The standard InChI is InChI=1S/C27H28N2O5/c1-16-6-9-19(10-7-16)28-15-18(13-24(28)30)27(33)34-21-5-3-4-20(14-21)29-25(31)22-11-8-17(2)12-23(22)26(29)32/h3-7,9-10,14,17-18,22-23H,8,11-13,15H2,1-2H3/t17-,18-,22-,23-/m0/s1. The minimum Gasteiger partial charge on any atom is -0.426 e. The van der Waals surface area contributed by atoms with E-state index in [0.29, 0.717) is 11.6 Å². The van der Waals surface area contributed by atoms with Gasteiger partial charge in [0.15, 0.2) is 0 Å². The minimum absolute atomic E-state index is 0.0804. The third kappa shape index (κ3) is 4.00. The Morgan fingerprint density at radius 1 is 0.941 bits per heavy atom. The van der Waals surface area contributed by atoms with Crippen molar-refractivity contribution in [3.63, 3.8) is 0 Å². The lowest BCUT2D eigenvalue weighted by molar-refractivity contribution is -0.139. The van der Waals surface area contributed by atoms with E-state index in [2.05, 4.69) is 6.92 Å². The molecule has 0 radical (unpaired) electrons. The molecule has 3 aliphatic rings. The van der Waals surface area contributed by atoms with Gasteiger partial charge < -0.3 is 9.64 Å². The molecule has 0 spiro atoms. The predicted molar refractivity (Wildman–Crippen MR) is 126 cm³/mol. The van der Waals surface area contributed by atoms with E-state index in [-0.39, 0.29) is 48.3 Å². The molecular formula is C27H28N2O5. The first-order chi connectivity index (χ1) is 16.3. The Bertz CT molecular complexity index is 1160. The van der Waals surface area contributed by atoms with E-state index in [1.165, 1.54) is 4.90 Å². The quantitative estimate of drug-likeness (QED) is 0.393. The first-order valence-electron chi connectivity index (χ1n) is 11.9. The van der Waals surface area contributed by atoms with Gasteiger partial charge in [0, 0.05) is 24.7 Å². The number of anilines is 2. The number of nitrogens with zero attached hydrogens (tertiary/aromatic N) is 2. The lowest BCUT2D eigenvalue weighted by atomic mass is 9.76. The lowest BCUT2D eigenvalue weighted by Crippen LogP contribution is -2.31. The highest BCUT2D eigenvalue weighted by Crippen LogP contribution is 2.42. The Balaban J connectivity index is 1.28. The van der Waals surface area contributed by atoms with Crippen LogP contribution in [0.1, 0.15) is 38.2 Å². The number of fused-ring (bicyclic) bond motifs is 1. The molecule has 7 nitrogen and oxygen atoms in total. The zero-order valence-electron chi connectivity index (χ0n) is 19.4. The number of benzene rings is 2. The van der Waals surface area contributed by atoms with Crippen LogP contribution in [0.15, 0.2) is 48.5 Å². The molecule has 0 unspecified atom stereocenters. The molecule has 2 aromatic carbocycles. The highest BCUT2D eigenvalue weighted by molar-refractivity contribution is 6.22. The summed E-state index contributed by atoms with van der Waals surface area (Å²) in [5, 5.41) is 0. The third-order valence-electron chi connectivity index (χ3n) is 7.29. The topological polar surface area (TPSA) is 84.0 Å². The van der Waals surface area contributed by atoms with Crippen LogP contribution < -0.4 is 14.5 Å².